The van der Waals surface area contributed by atoms with Gasteiger partial charge in [0, 0.05) is 19.3 Å². The number of methoxy groups -OCH3 is 1. The molecule has 0 spiro atoms. The van der Waals surface area contributed by atoms with E-state index in [9.17, 15) is 4.79 Å². The molecule has 0 fully saturated rings. The number of carbonyl (C=O) groups excluding carboxylic acids is 1. The quantitative estimate of drug-likeness (QED) is 0.754. The van der Waals surface area contributed by atoms with Gasteiger partial charge in [-0.2, -0.15) is 0 Å². The summed E-state index contributed by atoms with van der Waals surface area (Å²) in [5.41, 5.74) is 0.467. The predicted molar refractivity (Wildman–Crippen MR) is 67.2 cm³/mol. The van der Waals surface area contributed by atoms with Crippen LogP contribution in [0.5, 0.6) is 0 Å². The van der Waals surface area contributed by atoms with E-state index in [4.69, 9.17) is 4.74 Å². The number of nitrogens with zero attached hydrogens (tertiary/aromatic N) is 2. The molecule has 1 rings (SSSR count). The van der Waals surface area contributed by atoms with Crippen LogP contribution in [-0.2, 0) is 4.74 Å². The maximum atomic E-state index is 11.5. The smallest absolute Gasteiger partial charge is 0.341 e. The van der Waals surface area contributed by atoms with Crippen molar-refractivity contribution in [3.8, 4) is 0 Å². The molecule has 0 amide bonds. The molecule has 0 bridgehead atoms. The van der Waals surface area contributed by atoms with E-state index in [1.54, 1.807) is 18.3 Å². The fourth-order valence-electron chi connectivity index (χ4n) is 1.34. The number of hydrogen-bond acceptors (Lipinski definition) is 5. The van der Waals surface area contributed by atoms with Crippen molar-refractivity contribution in [2.45, 2.75) is 6.92 Å². The fraction of sp³-hybridized carbons (Fsp3) is 0.500. The second-order valence-corrected chi connectivity index (χ2v) is 3.71. The van der Waals surface area contributed by atoms with Gasteiger partial charge in [-0.3, -0.25) is 0 Å². The van der Waals surface area contributed by atoms with Crippen molar-refractivity contribution in [3.63, 3.8) is 0 Å². The first-order chi connectivity index (χ1) is 8.19. The van der Waals surface area contributed by atoms with Crippen molar-refractivity contribution in [2.75, 3.05) is 39.1 Å². The Morgan fingerprint density at radius 2 is 2.35 bits per heavy atom. The molecule has 1 heterocycles. The van der Waals surface area contributed by atoms with Crippen molar-refractivity contribution in [3.05, 3.63) is 23.9 Å². The molecule has 0 radical (unpaired) electrons. The van der Waals surface area contributed by atoms with Gasteiger partial charge in [0.25, 0.3) is 0 Å². The van der Waals surface area contributed by atoms with Crippen LogP contribution in [0.1, 0.15) is 17.3 Å². The normalized spacial score (nSPS) is 10.4. The van der Waals surface area contributed by atoms with Crippen LogP contribution in [0.4, 0.5) is 5.82 Å². The Kier molecular flexibility index (Phi) is 5.42. The average Bonchev–Trinajstić information content (AvgIpc) is 2.38. The summed E-state index contributed by atoms with van der Waals surface area (Å²) >= 11 is 0. The van der Waals surface area contributed by atoms with Crippen molar-refractivity contribution in [1.82, 2.24) is 9.88 Å². The highest BCUT2D eigenvalue weighted by molar-refractivity contribution is 5.94. The molecule has 17 heavy (non-hydrogen) atoms. The third kappa shape index (κ3) is 4.03. The monoisotopic (exact) mass is 237 g/mol. The van der Waals surface area contributed by atoms with Crippen LogP contribution in [0.25, 0.3) is 0 Å². The van der Waals surface area contributed by atoms with Crippen LogP contribution in [0.2, 0.25) is 0 Å². The predicted octanol–water partition coefficient (Wildman–Crippen LogP) is 1.23. The van der Waals surface area contributed by atoms with Crippen LogP contribution < -0.4 is 5.32 Å². The standard InChI is InChI=1S/C12H19N3O2/c1-4-15(2)9-8-14-11-10(12(16)17-3)6-5-7-13-11/h5-7H,4,8-9H2,1-3H3,(H,13,14). The molecule has 0 aliphatic rings. The summed E-state index contributed by atoms with van der Waals surface area (Å²) in [5.74, 6) is 0.202. The molecule has 5 heteroatoms. The van der Waals surface area contributed by atoms with E-state index in [0.29, 0.717) is 11.4 Å². The zero-order chi connectivity index (χ0) is 12.7. The number of pyridine rings is 1. The summed E-state index contributed by atoms with van der Waals surface area (Å²) in [6.45, 7) is 4.73. The number of rotatable bonds is 6. The van der Waals surface area contributed by atoms with E-state index >= 15 is 0 Å². The average molecular weight is 237 g/mol. The van der Waals surface area contributed by atoms with Gasteiger partial charge in [0.2, 0.25) is 0 Å². The van der Waals surface area contributed by atoms with Crippen LogP contribution in [0, 0.1) is 0 Å². The van der Waals surface area contributed by atoms with Gasteiger partial charge >= 0.3 is 5.97 Å². The van der Waals surface area contributed by atoms with E-state index in [2.05, 4.69) is 22.1 Å². The van der Waals surface area contributed by atoms with Gasteiger partial charge in [0.05, 0.1) is 7.11 Å². The second kappa shape index (κ2) is 6.85. The molecular formula is C12H19N3O2. The number of hydrogen-bond donors (Lipinski definition) is 1. The minimum absolute atomic E-state index is 0.371. The molecule has 1 aromatic heterocycles. The number of ether oxygens (including phenoxy) is 1. The topological polar surface area (TPSA) is 54.5 Å². The van der Waals surface area contributed by atoms with Crippen LogP contribution in [0.15, 0.2) is 18.3 Å². The molecule has 5 nitrogen and oxygen atoms in total. The lowest BCUT2D eigenvalue weighted by atomic mass is 10.2. The number of esters is 1. The first-order valence-corrected chi connectivity index (χ1v) is 5.64. The van der Waals surface area contributed by atoms with E-state index in [1.807, 2.05) is 7.05 Å². The molecular weight excluding hydrogens is 218 g/mol. The minimum atomic E-state index is -0.371. The third-order valence-corrected chi connectivity index (χ3v) is 2.54. The lowest BCUT2D eigenvalue weighted by Crippen LogP contribution is -2.25. The fourth-order valence-corrected chi connectivity index (χ4v) is 1.34. The molecule has 0 unspecified atom stereocenters. The molecule has 0 aliphatic carbocycles. The maximum Gasteiger partial charge on any atom is 0.341 e. The molecule has 0 aliphatic heterocycles. The van der Waals surface area contributed by atoms with Crippen LogP contribution >= 0.6 is 0 Å². The van der Waals surface area contributed by atoms with Crippen molar-refractivity contribution in [2.24, 2.45) is 0 Å². The molecule has 0 saturated heterocycles. The van der Waals surface area contributed by atoms with Gasteiger partial charge in [-0.25, -0.2) is 9.78 Å². The van der Waals surface area contributed by atoms with Gasteiger partial charge in [-0.1, -0.05) is 6.92 Å². The summed E-state index contributed by atoms with van der Waals surface area (Å²) in [6, 6.07) is 3.42. The Morgan fingerprint density at radius 3 is 3.00 bits per heavy atom. The number of likely N-dealkylation sites (N-methyl/N-ethyl adjacent to an activating group) is 1. The molecule has 94 valence electrons. The molecule has 1 aromatic rings. The summed E-state index contributed by atoms with van der Waals surface area (Å²) in [7, 11) is 3.41. The Balaban J connectivity index is 2.61. The van der Waals surface area contributed by atoms with Crippen LogP contribution in [0.3, 0.4) is 0 Å². The van der Waals surface area contributed by atoms with Gasteiger partial charge in [-0.05, 0) is 25.7 Å². The lowest BCUT2D eigenvalue weighted by Gasteiger charge is -2.15. The van der Waals surface area contributed by atoms with E-state index in [1.165, 1.54) is 7.11 Å². The van der Waals surface area contributed by atoms with Crippen LogP contribution in [-0.4, -0.2) is 49.6 Å². The maximum absolute atomic E-state index is 11.5. The van der Waals surface area contributed by atoms with Gasteiger partial charge in [0.1, 0.15) is 11.4 Å². The van der Waals surface area contributed by atoms with E-state index in [0.717, 1.165) is 19.6 Å². The molecule has 0 aromatic carbocycles. The zero-order valence-electron chi connectivity index (χ0n) is 10.6. The van der Waals surface area contributed by atoms with Gasteiger partial charge in [0.15, 0.2) is 0 Å². The first kappa shape index (κ1) is 13.4. The van der Waals surface area contributed by atoms with Gasteiger partial charge in [-0.15, -0.1) is 0 Å². The van der Waals surface area contributed by atoms with E-state index < -0.39 is 0 Å². The van der Waals surface area contributed by atoms with Crippen molar-refractivity contribution >= 4 is 11.8 Å². The van der Waals surface area contributed by atoms with Gasteiger partial charge < -0.3 is 15.0 Å². The highest BCUT2D eigenvalue weighted by Gasteiger charge is 2.11. The summed E-state index contributed by atoms with van der Waals surface area (Å²) in [6.07, 6.45) is 1.65. The Labute approximate surface area is 102 Å². The summed E-state index contributed by atoms with van der Waals surface area (Å²) in [4.78, 5) is 17.8. The second-order valence-electron chi connectivity index (χ2n) is 3.71. The Morgan fingerprint density at radius 1 is 1.59 bits per heavy atom. The molecule has 0 saturated carbocycles. The highest BCUT2D eigenvalue weighted by atomic mass is 16.5. The summed E-state index contributed by atoms with van der Waals surface area (Å²) < 4.78 is 4.70. The number of nitrogens with one attached hydrogen (secondary N) is 1. The Hall–Kier alpha value is -1.62. The summed E-state index contributed by atoms with van der Waals surface area (Å²) in [5, 5.41) is 3.14. The number of aromatic nitrogens is 1. The number of anilines is 1. The minimum Gasteiger partial charge on any atom is -0.465 e. The molecule has 0 atom stereocenters. The Bertz CT molecular complexity index is 369. The molecule has 1 N–H and O–H groups in total. The van der Waals surface area contributed by atoms with E-state index in [-0.39, 0.29) is 5.97 Å². The lowest BCUT2D eigenvalue weighted by molar-refractivity contribution is 0.0601. The number of carbonyl (C=O) groups is 1. The first-order valence-electron chi connectivity index (χ1n) is 5.64. The largest absolute Gasteiger partial charge is 0.465 e. The zero-order valence-corrected chi connectivity index (χ0v) is 10.6. The highest BCUT2D eigenvalue weighted by Crippen LogP contribution is 2.11. The van der Waals surface area contributed by atoms with Crippen molar-refractivity contribution < 1.29 is 9.53 Å². The SMILES string of the molecule is CCN(C)CCNc1ncccc1C(=O)OC. The third-order valence-electron chi connectivity index (χ3n) is 2.54. The van der Waals surface area contributed by atoms with Crippen molar-refractivity contribution in [1.29, 1.82) is 0 Å².